The van der Waals surface area contributed by atoms with Crippen LogP contribution in [0.5, 0.6) is 0 Å². The first-order chi connectivity index (χ1) is 8.63. The highest BCUT2D eigenvalue weighted by atomic mass is 16.4. The summed E-state index contributed by atoms with van der Waals surface area (Å²) >= 11 is 0. The third-order valence-electron chi connectivity index (χ3n) is 3.04. The highest BCUT2D eigenvalue weighted by molar-refractivity contribution is 5.87. The van der Waals surface area contributed by atoms with Crippen LogP contribution in [0.2, 0.25) is 0 Å². The van der Waals surface area contributed by atoms with E-state index >= 15 is 0 Å². The van der Waals surface area contributed by atoms with Gasteiger partial charge in [0, 0.05) is 11.7 Å². The Labute approximate surface area is 109 Å². The maximum Gasteiger partial charge on any atom is 0.335 e. The van der Waals surface area contributed by atoms with Crippen LogP contribution in [-0.2, 0) is 0 Å². The Bertz CT molecular complexity index is 359. The van der Waals surface area contributed by atoms with E-state index in [9.17, 15) is 4.79 Å². The molecule has 0 bridgehead atoms. The van der Waals surface area contributed by atoms with Gasteiger partial charge in [-0.15, -0.1) is 0 Å². The molecule has 0 aliphatic rings. The van der Waals surface area contributed by atoms with E-state index in [2.05, 4.69) is 19.2 Å². The number of hydrogen-bond acceptors (Lipinski definition) is 2. The van der Waals surface area contributed by atoms with Crippen molar-refractivity contribution in [3.8, 4) is 0 Å². The van der Waals surface area contributed by atoms with E-state index in [-0.39, 0.29) is 0 Å². The van der Waals surface area contributed by atoms with Crippen LogP contribution >= 0.6 is 0 Å². The molecule has 3 heteroatoms. The van der Waals surface area contributed by atoms with Crippen molar-refractivity contribution in [1.29, 1.82) is 0 Å². The molecule has 0 aliphatic carbocycles. The Balaban J connectivity index is 2.35. The molecule has 1 aromatic rings. The molecule has 1 rings (SSSR count). The van der Waals surface area contributed by atoms with Crippen molar-refractivity contribution in [3.63, 3.8) is 0 Å². The number of benzene rings is 1. The smallest absolute Gasteiger partial charge is 0.335 e. The zero-order chi connectivity index (χ0) is 13.4. The summed E-state index contributed by atoms with van der Waals surface area (Å²) < 4.78 is 0. The highest BCUT2D eigenvalue weighted by Crippen LogP contribution is 2.13. The van der Waals surface area contributed by atoms with Gasteiger partial charge in [0.15, 0.2) is 0 Å². The molecular formula is C15H23NO2. The summed E-state index contributed by atoms with van der Waals surface area (Å²) in [6, 6.07) is 7.35. The number of carboxylic acid groups (broad SMARTS) is 1. The standard InChI is InChI=1S/C15H23NO2/c1-3-4-5-6-7-12(2)16-14-10-8-13(9-11-14)15(17)18/h8-12,16H,3-7H2,1-2H3,(H,17,18). The van der Waals surface area contributed by atoms with E-state index in [0.717, 1.165) is 12.1 Å². The number of unbranched alkanes of at least 4 members (excludes halogenated alkanes) is 3. The number of carboxylic acids is 1. The van der Waals surface area contributed by atoms with Crippen LogP contribution < -0.4 is 5.32 Å². The Morgan fingerprint density at radius 3 is 2.44 bits per heavy atom. The van der Waals surface area contributed by atoms with E-state index in [1.807, 2.05) is 12.1 Å². The van der Waals surface area contributed by atoms with Crippen molar-refractivity contribution in [3.05, 3.63) is 29.8 Å². The van der Waals surface area contributed by atoms with E-state index < -0.39 is 5.97 Å². The minimum absolute atomic E-state index is 0.330. The fraction of sp³-hybridized carbons (Fsp3) is 0.533. The number of nitrogens with one attached hydrogen (secondary N) is 1. The lowest BCUT2D eigenvalue weighted by Gasteiger charge is -2.15. The average molecular weight is 249 g/mol. The van der Waals surface area contributed by atoms with Crippen molar-refractivity contribution >= 4 is 11.7 Å². The number of aromatic carboxylic acids is 1. The summed E-state index contributed by atoms with van der Waals surface area (Å²) in [5, 5.41) is 12.2. The van der Waals surface area contributed by atoms with Crippen LogP contribution in [0.4, 0.5) is 5.69 Å². The number of hydrogen-bond donors (Lipinski definition) is 2. The molecule has 0 spiro atoms. The number of anilines is 1. The predicted octanol–water partition coefficient (Wildman–Crippen LogP) is 4.16. The summed E-state index contributed by atoms with van der Waals surface area (Å²) in [7, 11) is 0. The largest absolute Gasteiger partial charge is 0.478 e. The molecule has 1 aromatic carbocycles. The molecule has 0 heterocycles. The number of rotatable bonds is 8. The number of carbonyl (C=O) groups is 1. The molecule has 2 N–H and O–H groups in total. The average Bonchev–Trinajstić information content (AvgIpc) is 2.35. The zero-order valence-electron chi connectivity index (χ0n) is 11.3. The maximum atomic E-state index is 10.7. The molecule has 0 saturated heterocycles. The Hall–Kier alpha value is -1.51. The van der Waals surface area contributed by atoms with Gasteiger partial charge in [-0.25, -0.2) is 4.79 Å². The lowest BCUT2D eigenvalue weighted by Crippen LogP contribution is -2.14. The second-order valence-electron chi connectivity index (χ2n) is 4.78. The predicted molar refractivity (Wildman–Crippen MR) is 75.2 cm³/mol. The Morgan fingerprint density at radius 1 is 1.22 bits per heavy atom. The molecule has 100 valence electrons. The van der Waals surface area contributed by atoms with Gasteiger partial charge in [-0.05, 0) is 37.6 Å². The fourth-order valence-corrected chi connectivity index (χ4v) is 1.94. The summed E-state index contributed by atoms with van der Waals surface area (Å²) in [4.78, 5) is 10.7. The normalized spacial score (nSPS) is 12.1. The van der Waals surface area contributed by atoms with E-state index in [1.54, 1.807) is 12.1 Å². The quantitative estimate of drug-likeness (QED) is 0.680. The van der Waals surface area contributed by atoms with Crippen LogP contribution in [0.1, 0.15) is 56.3 Å². The molecule has 0 fully saturated rings. The monoisotopic (exact) mass is 249 g/mol. The highest BCUT2D eigenvalue weighted by Gasteiger charge is 2.04. The van der Waals surface area contributed by atoms with Gasteiger partial charge in [0.05, 0.1) is 5.56 Å². The first kappa shape index (κ1) is 14.6. The first-order valence-electron chi connectivity index (χ1n) is 6.73. The summed E-state index contributed by atoms with van der Waals surface area (Å²) in [6.45, 7) is 4.38. The zero-order valence-corrected chi connectivity index (χ0v) is 11.3. The maximum absolute atomic E-state index is 10.7. The van der Waals surface area contributed by atoms with Crippen molar-refractivity contribution < 1.29 is 9.90 Å². The van der Waals surface area contributed by atoms with Crippen LogP contribution in [-0.4, -0.2) is 17.1 Å². The van der Waals surface area contributed by atoms with E-state index in [1.165, 1.54) is 25.7 Å². The third kappa shape index (κ3) is 5.21. The molecule has 0 amide bonds. The summed E-state index contributed by atoms with van der Waals surface area (Å²) in [6.07, 6.45) is 6.26. The summed E-state index contributed by atoms with van der Waals surface area (Å²) in [5.41, 5.74) is 1.32. The van der Waals surface area contributed by atoms with Gasteiger partial charge in [0.1, 0.15) is 0 Å². The van der Waals surface area contributed by atoms with Crippen LogP contribution in [0.25, 0.3) is 0 Å². The lowest BCUT2D eigenvalue weighted by molar-refractivity contribution is 0.0697. The molecule has 0 radical (unpaired) electrons. The van der Waals surface area contributed by atoms with E-state index in [0.29, 0.717) is 11.6 Å². The first-order valence-corrected chi connectivity index (χ1v) is 6.73. The molecule has 1 unspecified atom stereocenters. The van der Waals surface area contributed by atoms with Crippen LogP contribution in [0.15, 0.2) is 24.3 Å². The van der Waals surface area contributed by atoms with E-state index in [4.69, 9.17) is 5.11 Å². The van der Waals surface area contributed by atoms with Gasteiger partial charge in [-0.2, -0.15) is 0 Å². The second kappa shape index (κ2) is 7.75. The molecule has 0 aromatic heterocycles. The molecular weight excluding hydrogens is 226 g/mol. The molecule has 0 saturated carbocycles. The van der Waals surface area contributed by atoms with Gasteiger partial charge in [-0.3, -0.25) is 0 Å². The van der Waals surface area contributed by atoms with Gasteiger partial charge in [0.2, 0.25) is 0 Å². The minimum Gasteiger partial charge on any atom is -0.478 e. The van der Waals surface area contributed by atoms with Crippen molar-refractivity contribution in [2.24, 2.45) is 0 Å². The molecule has 1 atom stereocenters. The van der Waals surface area contributed by atoms with Gasteiger partial charge in [0.25, 0.3) is 0 Å². The van der Waals surface area contributed by atoms with Gasteiger partial charge >= 0.3 is 5.97 Å². The Morgan fingerprint density at radius 2 is 1.89 bits per heavy atom. The topological polar surface area (TPSA) is 49.3 Å². The van der Waals surface area contributed by atoms with Gasteiger partial charge in [-0.1, -0.05) is 32.6 Å². The van der Waals surface area contributed by atoms with Crippen LogP contribution in [0.3, 0.4) is 0 Å². The fourth-order valence-electron chi connectivity index (χ4n) is 1.94. The molecule has 18 heavy (non-hydrogen) atoms. The Kier molecular flexibility index (Phi) is 6.26. The van der Waals surface area contributed by atoms with Crippen LogP contribution in [0, 0.1) is 0 Å². The van der Waals surface area contributed by atoms with Crippen molar-refractivity contribution in [2.75, 3.05) is 5.32 Å². The SMILES string of the molecule is CCCCCCC(C)Nc1ccc(C(=O)O)cc1. The third-order valence-corrected chi connectivity index (χ3v) is 3.04. The van der Waals surface area contributed by atoms with Crippen molar-refractivity contribution in [2.45, 2.75) is 52.0 Å². The molecule has 0 aliphatic heterocycles. The summed E-state index contributed by atoms with van der Waals surface area (Å²) in [5.74, 6) is -0.880. The van der Waals surface area contributed by atoms with Gasteiger partial charge < -0.3 is 10.4 Å². The molecule has 3 nitrogen and oxygen atoms in total. The minimum atomic E-state index is -0.880. The lowest BCUT2D eigenvalue weighted by atomic mass is 10.1. The van der Waals surface area contributed by atoms with Crippen molar-refractivity contribution in [1.82, 2.24) is 0 Å². The second-order valence-corrected chi connectivity index (χ2v) is 4.78.